The van der Waals surface area contributed by atoms with E-state index in [2.05, 4.69) is 19.2 Å². The van der Waals surface area contributed by atoms with Crippen LogP contribution in [0.1, 0.15) is 39.5 Å². The van der Waals surface area contributed by atoms with Crippen molar-refractivity contribution in [3.8, 4) is 0 Å². The molecule has 2 heteroatoms. The predicted octanol–water partition coefficient (Wildman–Crippen LogP) is 1.54. The van der Waals surface area contributed by atoms with Crippen molar-refractivity contribution in [1.82, 2.24) is 5.32 Å². The van der Waals surface area contributed by atoms with E-state index in [9.17, 15) is 0 Å². The van der Waals surface area contributed by atoms with Crippen molar-refractivity contribution in [2.24, 2.45) is 5.41 Å². The van der Waals surface area contributed by atoms with Gasteiger partial charge in [0.2, 0.25) is 0 Å². The summed E-state index contributed by atoms with van der Waals surface area (Å²) in [5.41, 5.74) is 0.553. The SMILES string of the molecule is CC1(C)CCC(NCCO)CC1. The molecule has 1 aliphatic rings. The first-order valence-electron chi connectivity index (χ1n) is 4.98. The molecular weight excluding hydrogens is 150 g/mol. The van der Waals surface area contributed by atoms with Gasteiger partial charge in [-0.1, -0.05) is 13.8 Å². The number of nitrogens with one attached hydrogen (secondary N) is 1. The van der Waals surface area contributed by atoms with Crippen molar-refractivity contribution >= 4 is 0 Å². The fourth-order valence-corrected chi connectivity index (χ4v) is 1.87. The van der Waals surface area contributed by atoms with E-state index in [-0.39, 0.29) is 6.61 Å². The Labute approximate surface area is 75.4 Å². The van der Waals surface area contributed by atoms with Crippen molar-refractivity contribution in [2.45, 2.75) is 45.6 Å². The molecule has 0 aliphatic heterocycles. The quantitative estimate of drug-likeness (QED) is 0.675. The van der Waals surface area contributed by atoms with Crippen LogP contribution in [0.2, 0.25) is 0 Å². The van der Waals surface area contributed by atoms with Gasteiger partial charge in [-0.2, -0.15) is 0 Å². The van der Waals surface area contributed by atoms with Gasteiger partial charge < -0.3 is 10.4 Å². The van der Waals surface area contributed by atoms with Gasteiger partial charge in [-0.25, -0.2) is 0 Å². The summed E-state index contributed by atoms with van der Waals surface area (Å²) in [5, 5.41) is 12.0. The lowest BCUT2D eigenvalue weighted by Gasteiger charge is -2.34. The van der Waals surface area contributed by atoms with Crippen molar-refractivity contribution < 1.29 is 5.11 Å². The van der Waals surface area contributed by atoms with Crippen LogP contribution in [0.5, 0.6) is 0 Å². The van der Waals surface area contributed by atoms with Gasteiger partial charge in [0.1, 0.15) is 0 Å². The molecule has 0 aromatic rings. The third kappa shape index (κ3) is 3.11. The Morgan fingerprint density at radius 3 is 2.42 bits per heavy atom. The lowest BCUT2D eigenvalue weighted by molar-refractivity contribution is 0.198. The summed E-state index contributed by atoms with van der Waals surface area (Å²) >= 11 is 0. The molecule has 1 saturated carbocycles. The molecule has 12 heavy (non-hydrogen) atoms. The maximum atomic E-state index is 8.64. The maximum absolute atomic E-state index is 8.64. The van der Waals surface area contributed by atoms with Crippen LogP contribution in [0, 0.1) is 5.41 Å². The van der Waals surface area contributed by atoms with Gasteiger partial charge in [0.05, 0.1) is 6.61 Å². The van der Waals surface area contributed by atoms with Gasteiger partial charge >= 0.3 is 0 Å². The van der Waals surface area contributed by atoms with Gasteiger partial charge in [-0.15, -0.1) is 0 Å². The number of aliphatic hydroxyl groups is 1. The smallest absolute Gasteiger partial charge is 0.0556 e. The zero-order valence-corrected chi connectivity index (χ0v) is 8.27. The lowest BCUT2D eigenvalue weighted by Crippen LogP contribution is -2.36. The maximum Gasteiger partial charge on any atom is 0.0556 e. The van der Waals surface area contributed by atoms with E-state index in [1.165, 1.54) is 25.7 Å². The van der Waals surface area contributed by atoms with Crippen molar-refractivity contribution in [3.05, 3.63) is 0 Å². The number of hydrogen-bond acceptors (Lipinski definition) is 2. The molecule has 0 aromatic carbocycles. The van der Waals surface area contributed by atoms with Gasteiger partial charge in [0, 0.05) is 12.6 Å². The van der Waals surface area contributed by atoms with Crippen LogP contribution >= 0.6 is 0 Å². The summed E-state index contributed by atoms with van der Waals surface area (Å²) in [5.74, 6) is 0. The van der Waals surface area contributed by atoms with Crippen LogP contribution in [0.4, 0.5) is 0 Å². The zero-order chi connectivity index (χ0) is 9.03. The van der Waals surface area contributed by atoms with Gasteiger partial charge in [0.15, 0.2) is 0 Å². The zero-order valence-electron chi connectivity index (χ0n) is 8.27. The van der Waals surface area contributed by atoms with E-state index in [1.807, 2.05) is 0 Å². The highest BCUT2D eigenvalue weighted by Gasteiger charge is 2.25. The van der Waals surface area contributed by atoms with Crippen LogP contribution in [-0.4, -0.2) is 24.3 Å². The molecule has 0 atom stereocenters. The fraction of sp³-hybridized carbons (Fsp3) is 1.00. The minimum Gasteiger partial charge on any atom is -0.395 e. The third-order valence-corrected chi connectivity index (χ3v) is 2.88. The van der Waals surface area contributed by atoms with Crippen LogP contribution in [0.3, 0.4) is 0 Å². The van der Waals surface area contributed by atoms with E-state index in [1.54, 1.807) is 0 Å². The molecule has 0 heterocycles. The molecule has 2 nitrogen and oxygen atoms in total. The molecule has 0 unspecified atom stereocenters. The highest BCUT2D eigenvalue weighted by molar-refractivity contribution is 4.81. The molecule has 0 aromatic heterocycles. The number of hydrogen-bond donors (Lipinski definition) is 2. The molecule has 0 amide bonds. The summed E-state index contributed by atoms with van der Waals surface area (Å²) in [4.78, 5) is 0. The average molecular weight is 171 g/mol. The van der Waals surface area contributed by atoms with Crippen LogP contribution in [0.15, 0.2) is 0 Å². The summed E-state index contributed by atoms with van der Waals surface area (Å²) in [6, 6.07) is 0.658. The third-order valence-electron chi connectivity index (χ3n) is 2.88. The van der Waals surface area contributed by atoms with Crippen molar-refractivity contribution in [2.75, 3.05) is 13.2 Å². The monoisotopic (exact) mass is 171 g/mol. The standard InChI is InChI=1S/C10H21NO/c1-10(2)5-3-9(4-6-10)11-7-8-12/h9,11-12H,3-8H2,1-2H3. The van der Waals surface area contributed by atoms with E-state index < -0.39 is 0 Å². The van der Waals surface area contributed by atoms with E-state index >= 15 is 0 Å². The molecular formula is C10H21NO. The summed E-state index contributed by atoms with van der Waals surface area (Å²) in [6.45, 7) is 5.70. The van der Waals surface area contributed by atoms with Crippen LogP contribution in [-0.2, 0) is 0 Å². The van der Waals surface area contributed by atoms with Crippen molar-refractivity contribution in [3.63, 3.8) is 0 Å². The predicted molar refractivity (Wildman–Crippen MR) is 51.1 cm³/mol. The second-order valence-electron chi connectivity index (χ2n) is 4.62. The Morgan fingerprint density at radius 2 is 1.92 bits per heavy atom. The minimum atomic E-state index is 0.264. The van der Waals surface area contributed by atoms with E-state index in [4.69, 9.17) is 5.11 Å². The Hall–Kier alpha value is -0.0800. The summed E-state index contributed by atoms with van der Waals surface area (Å²) in [7, 11) is 0. The van der Waals surface area contributed by atoms with Gasteiger partial charge in [-0.3, -0.25) is 0 Å². The second-order valence-corrected chi connectivity index (χ2v) is 4.62. The first-order chi connectivity index (χ1) is 5.64. The molecule has 2 N–H and O–H groups in total. The Bertz CT molecular complexity index is 124. The topological polar surface area (TPSA) is 32.3 Å². The molecule has 1 fully saturated rings. The van der Waals surface area contributed by atoms with Gasteiger partial charge in [0.25, 0.3) is 0 Å². The molecule has 0 bridgehead atoms. The summed E-state index contributed by atoms with van der Waals surface area (Å²) < 4.78 is 0. The average Bonchev–Trinajstić information content (AvgIpc) is 2.03. The van der Waals surface area contributed by atoms with Gasteiger partial charge in [-0.05, 0) is 31.1 Å². The summed E-state index contributed by atoms with van der Waals surface area (Å²) in [6.07, 6.45) is 5.17. The van der Waals surface area contributed by atoms with E-state index in [0.717, 1.165) is 6.54 Å². The van der Waals surface area contributed by atoms with Crippen LogP contribution in [0.25, 0.3) is 0 Å². The molecule has 72 valence electrons. The molecule has 1 aliphatic carbocycles. The molecule has 0 spiro atoms. The Morgan fingerprint density at radius 1 is 1.33 bits per heavy atom. The van der Waals surface area contributed by atoms with E-state index in [0.29, 0.717) is 11.5 Å². The minimum absolute atomic E-state index is 0.264. The van der Waals surface area contributed by atoms with Crippen LogP contribution < -0.4 is 5.32 Å². The largest absolute Gasteiger partial charge is 0.395 e. The Balaban J connectivity index is 2.18. The number of aliphatic hydroxyl groups excluding tert-OH is 1. The second kappa shape index (κ2) is 4.24. The number of rotatable bonds is 3. The molecule has 0 radical (unpaired) electrons. The highest BCUT2D eigenvalue weighted by atomic mass is 16.3. The normalized spacial score (nSPS) is 24.2. The first kappa shape index (κ1) is 10.0. The highest BCUT2D eigenvalue weighted by Crippen LogP contribution is 2.34. The molecule has 0 saturated heterocycles. The fourth-order valence-electron chi connectivity index (χ4n) is 1.87. The Kier molecular flexibility index (Phi) is 3.53. The lowest BCUT2D eigenvalue weighted by atomic mass is 9.75. The van der Waals surface area contributed by atoms with Crippen molar-refractivity contribution in [1.29, 1.82) is 0 Å². The molecule has 1 rings (SSSR count). The first-order valence-corrected chi connectivity index (χ1v) is 4.98.